The Morgan fingerprint density at radius 2 is 1.88 bits per heavy atom. The van der Waals surface area contributed by atoms with Gasteiger partial charge in [0.25, 0.3) is 5.56 Å². The summed E-state index contributed by atoms with van der Waals surface area (Å²) in [5.41, 5.74) is 10.9. The smallest absolute Gasteiger partial charge is 0.294 e. The number of benzene rings is 1. The van der Waals surface area contributed by atoms with Crippen LogP contribution in [0.1, 0.15) is 46.1 Å². The summed E-state index contributed by atoms with van der Waals surface area (Å²) in [5.74, 6) is 0.331. The second-order valence-corrected chi connectivity index (χ2v) is 8.83. The number of nitrogen functional groups attached to an aromatic ring is 1. The van der Waals surface area contributed by atoms with E-state index in [1.807, 2.05) is 26.8 Å². The number of pyridine rings is 1. The summed E-state index contributed by atoms with van der Waals surface area (Å²) >= 11 is 6.39. The first kappa shape index (κ1) is 22.8. The molecule has 0 aliphatic carbocycles. The summed E-state index contributed by atoms with van der Waals surface area (Å²) in [6.07, 6.45) is 1.00. The molecule has 2 aromatic heterocycles. The van der Waals surface area contributed by atoms with Gasteiger partial charge in [0.15, 0.2) is 11.0 Å². The molecular formula is C24H27ClN6O2. The van der Waals surface area contributed by atoms with Crippen LogP contribution in [0, 0.1) is 20.8 Å². The largest absolute Gasteiger partial charge is 0.384 e. The van der Waals surface area contributed by atoms with E-state index in [0.29, 0.717) is 37.4 Å². The molecule has 0 fully saturated rings. The van der Waals surface area contributed by atoms with Crippen molar-refractivity contribution in [1.29, 1.82) is 0 Å². The third-order valence-electron chi connectivity index (χ3n) is 5.84. The van der Waals surface area contributed by atoms with Crippen molar-refractivity contribution in [2.75, 3.05) is 11.1 Å². The van der Waals surface area contributed by atoms with Crippen LogP contribution in [0.25, 0.3) is 0 Å². The number of carbonyl (C=O) groups excluding carboxylic acids is 1. The highest BCUT2D eigenvalue weighted by Crippen LogP contribution is 2.29. The maximum absolute atomic E-state index is 13.2. The molecule has 1 aliphatic heterocycles. The fourth-order valence-corrected chi connectivity index (χ4v) is 4.59. The number of nitrogens with zero attached hydrogens (tertiary/aromatic N) is 3. The number of aromatic nitrogens is 3. The van der Waals surface area contributed by atoms with Crippen LogP contribution in [-0.4, -0.2) is 20.4 Å². The van der Waals surface area contributed by atoms with E-state index in [2.05, 4.69) is 38.8 Å². The van der Waals surface area contributed by atoms with Gasteiger partial charge in [-0.25, -0.2) is 9.97 Å². The third kappa shape index (κ3) is 4.85. The van der Waals surface area contributed by atoms with E-state index in [-0.39, 0.29) is 22.4 Å². The molecule has 3 heterocycles. The van der Waals surface area contributed by atoms with Crippen LogP contribution in [0.2, 0.25) is 5.15 Å². The number of rotatable bonds is 6. The number of carbonyl (C=O) groups is 1. The first-order chi connectivity index (χ1) is 15.7. The highest BCUT2D eigenvalue weighted by Gasteiger charge is 2.32. The number of aryl methyl sites for hydroxylation is 3. The monoisotopic (exact) mass is 466 g/mol. The molecule has 8 nitrogen and oxygen atoms in total. The van der Waals surface area contributed by atoms with E-state index in [1.54, 1.807) is 6.07 Å². The average Bonchev–Trinajstić information content (AvgIpc) is 3.20. The van der Waals surface area contributed by atoms with Gasteiger partial charge in [0, 0.05) is 18.8 Å². The predicted molar refractivity (Wildman–Crippen MR) is 129 cm³/mol. The lowest BCUT2D eigenvalue weighted by atomic mass is 10.1. The van der Waals surface area contributed by atoms with Gasteiger partial charge in [-0.15, -0.1) is 0 Å². The zero-order valence-corrected chi connectivity index (χ0v) is 19.7. The van der Waals surface area contributed by atoms with Crippen molar-refractivity contribution in [3.8, 4) is 0 Å². The Kier molecular flexibility index (Phi) is 6.37. The second-order valence-electron chi connectivity index (χ2n) is 8.48. The maximum atomic E-state index is 13.2. The molecule has 0 spiro atoms. The molecule has 1 aromatic carbocycles. The van der Waals surface area contributed by atoms with E-state index in [0.717, 1.165) is 27.9 Å². The summed E-state index contributed by atoms with van der Waals surface area (Å²) in [5, 5.41) is 6.26. The first-order valence-corrected chi connectivity index (χ1v) is 11.2. The Morgan fingerprint density at radius 3 is 2.58 bits per heavy atom. The SMILES string of the molecule is Cc1cc(C)cc(CNc2nc(Cl)c3n(c2=O)C(C(=O)NCc2ccc(N)nc2C)CC3)c1. The molecule has 4 N–H and O–H groups in total. The molecule has 0 saturated carbocycles. The molecule has 0 radical (unpaired) electrons. The van der Waals surface area contributed by atoms with Gasteiger partial charge in [-0.3, -0.25) is 14.2 Å². The highest BCUT2D eigenvalue weighted by atomic mass is 35.5. The molecule has 1 atom stereocenters. The van der Waals surface area contributed by atoms with Crippen molar-refractivity contribution in [3.05, 3.63) is 79.5 Å². The van der Waals surface area contributed by atoms with Crippen LogP contribution in [0.3, 0.4) is 0 Å². The Morgan fingerprint density at radius 1 is 1.15 bits per heavy atom. The minimum atomic E-state index is -0.642. The normalized spacial score (nSPS) is 14.7. The molecule has 4 rings (SSSR count). The van der Waals surface area contributed by atoms with E-state index in [9.17, 15) is 9.59 Å². The Hall–Kier alpha value is -3.39. The number of nitrogens with two attached hydrogens (primary N) is 1. The Bertz CT molecular complexity index is 1270. The minimum Gasteiger partial charge on any atom is -0.384 e. The molecule has 1 unspecified atom stereocenters. The van der Waals surface area contributed by atoms with Crippen LogP contribution >= 0.6 is 11.6 Å². The number of hydrogen-bond donors (Lipinski definition) is 3. The molecule has 0 saturated heterocycles. The lowest BCUT2D eigenvalue weighted by molar-refractivity contribution is -0.124. The fraction of sp³-hybridized carbons (Fsp3) is 0.333. The van der Waals surface area contributed by atoms with Gasteiger partial charge < -0.3 is 16.4 Å². The van der Waals surface area contributed by atoms with E-state index >= 15 is 0 Å². The van der Waals surface area contributed by atoms with Crippen molar-refractivity contribution >= 4 is 29.1 Å². The minimum absolute atomic E-state index is 0.140. The lowest BCUT2D eigenvalue weighted by Gasteiger charge is -2.17. The van der Waals surface area contributed by atoms with E-state index in [4.69, 9.17) is 17.3 Å². The van der Waals surface area contributed by atoms with Crippen LogP contribution in [-0.2, 0) is 24.3 Å². The Labute approximate surface area is 197 Å². The molecule has 1 amide bonds. The molecule has 1 aliphatic rings. The number of halogens is 1. The van der Waals surface area contributed by atoms with Crippen LogP contribution in [0.5, 0.6) is 0 Å². The van der Waals surface area contributed by atoms with Gasteiger partial charge in [-0.1, -0.05) is 47.0 Å². The summed E-state index contributed by atoms with van der Waals surface area (Å²) in [6.45, 7) is 6.63. The number of nitrogens with one attached hydrogen (secondary N) is 2. The van der Waals surface area contributed by atoms with E-state index in [1.165, 1.54) is 4.57 Å². The summed E-state index contributed by atoms with van der Waals surface area (Å²) in [7, 11) is 0. The van der Waals surface area contributed by atoms with Crippen molar-refractivity contribution in [3.63, 3.8) is 0 Å². The van der Waals surface area contributed by atoms with Crippen molar-refractivity contribution < 1.29 is 4.79 Å². The second kappa shape index (κ2) is 9.23. The van der Waals surface area contributed by atoms with Gasteiger partial charge in [0.1, 0.15) is 11.9 Å². The van der Waals surface area contributed by atoms with Gasteiger partial charge in [0.05, 0.1) is 5.69 Å². The number of fused-ring (bicyclic) bond motifs is 1. The zero-order chi connectivity index (χ0) is 23.7. The number of anilines is 2. The van der Waals surface area contributed by atoms with Crippen LogP contribution in [0.15, 0.2) is 35.1 Å². The average molecular weight is 467 g/mol. The van der Waals surface area contributed by atoms with Gasteiger partial charge in [-0.2, -0.15) is 0 Å². The summed E-state index contributed by atoms with van der Waals surface area (Å²) in [6, 6.07) is 9.09. The third-order valence-corrected chi connectivity index (χ3v) is 6.14. The van der Waals surface area contributed by atoms with Gasteiger partial charge in [-0.05, 0) is 50.8 Å². The highest BCUT2D eigenvalue weighted by molar-refractivity contribution is 6.30. The fourth-order valence-electron chi connectivity index (χ4n) is 4.32. The van der Waals surface area contributed by atoms with Crippen molar-refractivity contribution in [2.24, 2.45) is 0 Å². The van der Waals surface area contributed by atoms with Crippen LogP contribution in [0.4, 0.5) is 11.6 Å². The Balaban J connectivity index is 1.53. The van der Waals surface area contributed by atoms with Crippen LogP contribution < -0.4 is 21.9 Å². The van der Waals surface area contributed by atoms with E-state index < -0.39 is 6.04 Å². The van der Waals surface area contributed by atoms with Gasteiger partial charge >= 0.3 is 0 Å². The maximum Gasteiger partial charge on any atom is 0.294 e. The quantitative estimate of drug-likeness (QED) is 0.513. The zero-order valence-electron chi connectivity index (χ0n) is 18.9. The lowest BCUT2D eigenvalue weighted by Crippen LogP contribution is -2.36. The van der Waals surface area contributed by atoms with Gasteiger partial charge in [0.2, 0.25) is 5.91 Å². The first-order valence-electron chi connectivity index (χ1n) is 10.8. The molecule has 172 valence electrons. The molecule has 9 heteroatoms. The molecular weight excluding hydrogens is 440 g/mol. The standard InChI is InChI=1S/C24H27ClN6O2/c1-13-8-14(2)10-16(9-13)11-27-22-24(33)31-18(21(25)30-22)5-6-19(31)23(32)28-12-17-4-7-20(26)29-15(17)3/h4,7-10,19H,5-6,11-12H2,1-3H3,(H2,26,29)(H,27,30)(H,28,32). The summed E-state index contributed by atoms with van der Waals surface area (Å²) < 4.78 is 1.47. The van der Waals surface area contributed by atoms with Crippen molar-refractivity contribution in [2.45, 2.75) is 52.7 Å². The number of amides is 1. The molecule has 3 aromatic rings. The molecule has 0 bridgehead atoms. The number of hydrogen-bond acceptors (Lipinski definition) is 6. The summed E-state index contributed by atoms with van der Waals surface area (Å²) in [4.78, 5) is 34.7. The van der Waals surface area contributed by atoms with Crippen molar-refractivity contribution in [1.82, 2.24) is 19.9 Å². The topological polar surface area (TPSA) is 115 Å². The molecule has 33 heavy (non-hydrogen) atoms. The predicted octanol–water partition coefficient (Wildman–Crippen LogP) is 3.21.